The largest absolute Gasteiger partial charge is 0.460 e. The lowest BCUT2D eigenvalue weighted by Crippen LogP contribution is -2.31. The van der Waals surface area contributed by atoms with Crippen molar-refractivity contribution in [3.05, 3.63) is 65.2 Å². The molecule has 0 saturated carbocycles. The lowest BCUT2D eigenvalue weighted by atomic mass is 10.1. The number of benzene rings is 2. The Kier molecular flexibility index (Phi) is 4.79. The van der Waals surface area contributed by atoms with Crippen LogP contribution in [0.25, 0.3) is 0 Å². The Hall–Kier alpha value is -2.82. The molecular weight excluding hydrogens is 306 g/mol. The summed E-state index contributed by atoms with van der Waals surface area (Å²) in [4.78, 5) is 26.5. The Balaban J connectivity index is 1.81. The summed E-state index contributed by atoms with van der Waals surface area (Å²) in [6.07, 6.45) is 0. The van der Waals surface area contributed by atoms with Gasteiger partial charge in [0.2, 0.25) is 0 Å². The fraction of sp³-hybridized carbons (Fsp3) is 0.263. The molecule has 1 aliphatic heterocycles. The predicted octanol–water partition coefficient (Wildman–Crippen LogP) is 2.83. The van der Waals surface area contributed by atoms with Crippen LogP contribution in [0.4, 0.5) is 5.69 Å². The third kappa shape index (κ3) is 3.56. The molecule has 0 N–H and O–H groups in total. The fourth-order valence-electron chi connectivity index (χ4n) is 2.62. The minimum atomic E-state index is -0.506. The van der Waals surface area contributed by atoms with E-state index in [2.05, 4.69) is 0 Å². The minimum Gasteiger partial charge on any atom is -0.460 e. The molecule has 24 heavy (non-hydrogen) atoms. The number of anilines is 1. The van der Waals surface area contributed by atoms with E-state index < -0.39 is 11.9 Å². The third-order valence-corrected chi connectivity index (χ3v) is 3.95. The standard InChI is InChI=1S/C19H19NO4/c1-14-6-8-15(9-7-14)20-10-12-23-18(21)16-4-2-3-5-17(16)19(22)24-13-11-20/h2-9H,10-13H2,1H3. The zero-order valence-corrected chi connectivity index (χ0v) is 13.5. The van der Waals surface area contributed by atoms with E-state index in [1.807, 2.05) is 36.1 Å². The maximum atomic E-state index is 12.2. The molecule has 1 aliphatic rings. The number of cyclic esters (lactones) is 2. The number of carbonyl (C=O) groups excluding carboxylic acids is 2. The molecule has 0 aromatic heterocycles. The van der Waals surface area contributed by atoms with E-state index in [1.54, 1.807) is 24.3 Å². The van der Waals surface area contributed by atoms with Gasteiger partial charge in [-0.1, -0.05) is 29.8 Å². The van der Waals surface area contributed by atoms with Crippen molar-refractivity contribution in [1.29, 1.82) is 0 Å². The fourth-order valence-corrected chi connectivity index (χ4v) is 2.62. The van der Waals surface area contributed by atoms with Gasteiger partial charge in [-0.05, 0) is 31.2 Å². The maximum Gasteiger partial charge on any atom is 0.339 e. The van der Waals surface area contributed by atoms with Crippen molar-refractivity contribution in [3.63, 3.8) is 0 Å². The van der Waals surface area contributed by atoms with Gasteiger partial charge in [0.25, 0.3) is 0 Å². The number of aryl methyl sites for hydroxylation is 1. The SMILES string of the molecule is Cc1ccc(N2CCOC(=O)c3ccccc3C(=O)OCC2)cc1. The van der Waals surface area contributed by atoms with E-state index in [4.69, 9.17) is 9.47 Å². The van der Waals surface area contributed by atoms with Gasteiger partial charge in [-0.15, -0.1) is 0 Å². The van der Waals surface area contributed by atoms with Gasteiger partial charge in [0.1, 0.15) is 13.2 Å². The second-order valence-electron chi connectivity index (χ2n) is 5.64. The Morgan fingerprint density at radius 1 is 0.792 bits per heavy atom. The molecule has 124 valence electrons. The van der Waals surface area contributed by atoms with Crippen molar-refractivity contribution >= 4 is 17.6 Å². The summed E-state index contributed by atoms with van der Waals surface area (Å²) >= 11 is 0. The highest BCUT2D eigenvalue weighted by Crippen LogP contribution is 2.17. The molecule has 2 aromatic rings. The molecule has 1 heterocycles. The average molecular weight is 325 g/mol. The van der Waals surface area contributed by atoms with Gasteiger partial charge in [0.05, 0.1) is 24.2 Å². The van der Waals surface area contributed by atoms with Crippen LogP contribution < -0.4 is 4.90 Å². The smallest absolute Gasteiger partial charge is 0.339 e. The number of carbonyl (C=O) groups is 2. The number of nitrogens with zero attached hydrogens (tertiary/aromatic N) is 1. The summed E-state index contributed by atoms with van der Waals surface area (Å²) in [6.45, 7) is 3.59. The molecule has 0 unspecified atom stereocenters. The van der Waals surface area contributed by atoms with E-state index in [0.717, 1.165) is 5.69 Å². The number of ether oxygens (including phenoxy) is 2. The van der Waals surface area contributed by atoms with Crippen molar-refractivity contribution in [2.24, 2.45) is 0 Å². The van der Waals surface area contributed by atoms with Crippen LogP contribution in [0.3, 0.4) is 0 Å². The van der Waals surface area contributed by atoms with E-state index in [-0.39, 0.29) is 24.3 Å². The molecule has 0 spiro atoms. The lowest BCUT2D eigenvalue weighted by Gasteiger charge is -2.24. The second kappa shape index (κ2) is 7.17. The Labute approximate surface area is 140 Å². The van der Waals surface area contributed by atoms with Crippen LogP contribution >= 0.6 is 0 Å². The van der Waals surface area contributed by atoms with Crippen molar-refractivity contribution in [1.82, 2.24) is 0 Å². The molecule has 0 aliphatic carbocycles. The first kappa shape index (κ1) is 16.1. The summed E-state index contributed by atoms with van der Waals surface area (Å²) < 4.78 is 10.7. The zero-order chi connectivity index (χ0) is 16.9. The number of hydrogen-bond acceptors (Lipinski definition) is 5. The first-order chi connectivity index (χ1) is 11.6. The Morgan fingerprint density at radius 3 is 1.79 bits per heavy atom. The summed E-state index contributed by atoms with van der Waals surface area (Å²) in [5.41, 5.74) is 2.66. The highest BCUT2D eigenvalue weighted by molar-refractivity contribution is 6.03. The summed E-state index contributed by atoms with van der Waals surface area (Å²) in [5.74, 6) is -1.01. The number of fused-ring (bicyclic) bond motifs is 1. The van der Waals surface area contributed by atoms with Gasteiger partial charge in [0, 0.05) is 5.69 Å². The van der Waals surface area contributed by atoms with Gasteiger partial charge >= 0.3 is 11.9 Å². The molecule has 0 atom stereocenters. The summed E-state index contributed by atoms with van der Waals surface area (Å²) in [7, 11) is 0. The molecule has 0 bridgehead atoms. The van der Waals surface area contributed by atoms with Crippen LogP contribution in [0, 0.1) is 6.92 Å². The van der Waals surface area contributed by atoms with Crippen LogP contribution in [0.2, 0.25) is 0 Å². The highest BCUT2D eigenvalue weighted by Gasteiger charge is 2.20. The molecule has 0 saturated heterocycles. The van der Waals surface area contributed by atoms with Gasteiger partial charge in [-0.3, -0.25) is 0 Å². The predicted molar refractivity (Wildman–Crippen MR) is 90.4 cm³/mol. The molecule has 5 heteroatoms. The van der Waals surface area contributed by atoms with Crippen LogP contribution in [0.5, 0.6) is 0 Å². The van der Waals surface area contributed by atoms with E-state index in [9.17, 15) is 9.59 Å². The van der Waals surface area contributed by atoms with Crippen LogP contribution in [0.15, 0.2) is 48.5 Å². The maximum absolute atomic E-state index is 12.2. The van der Waals surface area contributed by atoms with Gasteiger partial charge < -0.3 is 14.4 Å². The molecule has 0 radical (unpaired) electrons. The molecule has 5 nitrogen and oxygen atoms in total. The van der Waals surface area contributed by atoms with Gasteiger partial charge in [0.15, 0.2) is 0 Å². The second-order valence-corrected chi connectivity index (χ2v) is 5.64. The molecular formula is C19H19NO4. The van der Waals surface area contributed by atoms with Crippen LogP contribution in [-0.2, 0) is 9.47 Å². The normalized spacial score (nSPS) is 15.8. The zero-order valence-electron chi connectivity index (χ0n) is 13.5. The Morgan fingerprint density at radius 2 is 1.29 bits per heavy atom. The lowest BCUT2D eigenvalue weighted by molar-refractivity contribution is 0.0488. The molecule has 2 aromatic carbocycles. The first-order valence-electron chi connectivity index (χ1n) is 7.90. The number of esters is 2. The third-order valence-electron chi connectivity index (χ3n) is 3.95. The van der Waals surface area contributed by atoms with Crippen molar-refractivity contribution in [2.45, 2.75) is 6.92 Å². The van der Waals surface area contributed by atoms with Crippen molar-refractivity contribution in [2.75, 3.05) is 31.2 Å². The molecule has 0 fully saturated rings. The molecule has 3 rings (SSSR count). The van der Waals surface area contributed by atoms with E-state index in [1.165, 1.54) is 5.56 Å². The summed E-state index contributed by atoms with van der Waals surface area (Å²) in [5, 5.41) is 0. The van der Waals surface area contributed by atoms with Crippen LogP contribution in [0.1, 0.15) is 26.3 Å². The first-order valence-corrected chi connectivity index (χ1v) is 7.90. The van der Waals surface area contributed by atoms with Gasteiger partial charge in [-0.25, -0.2) is 9.59 Å². The number of rotatable bonds is 1. The van der Waals surface area contributed by atoms with Crippen molar-refractivity contribution in [3.8, 4) is 0 Å². The highest BCUT2D eigenvalue weighted by atomic mass is 16.5. The van der Waals surface area contributed by atoms with Crippen LogP contribution in [-0.4, -0.2) is 38.2 Å². The minimum absolute atomic E-state index is 0.242. The quantitative estimate of drug-likeness (QED) is 0.755. The Bertz CT molecular complexity index is 698. The van der Waals surface area contributed by atoms with Gasteiger partial charge in [-0.2, -0.15) is 0 Å². The van der Waals surface area contributed by atoms with E-state index in [0.29, 0.717) is 13.1 Å². The number of hydrogen-bond donors (Lipinski definition) is 0. The molecule has 0 amide bonds. The van der Waals surface area contributed by atoms with E-state index >= 15 is 0 Å². The van der Waals surface area contributed by atoms with Crippen molar-refractivity contribution < 1.29 is 19.1 Å². The topological polar surface area (TPSA) is 55.8 Å². The summed E-state index contributed by atoms with van der Waals surface area (Å²) in [6, 6.07) is 14.6. The average Bonchev–Trinajstić information content (AvgIpc) is 2.62. The monoisotopic (exact) mass is 325 g/mol.